The third kappa shape index (κ3) is 4.31. The summed E-state index contributed by atoms with van der Waals surface area (Å²) < 4.78 is 5.41. The smallest absolute Gasteiger partial charge is 0.123 e. The second-order valence-electron chi connectivity index (χ2n) is 5.04. The van der Waals surface area contributed by atoms with Gasteiger partial charge in [0.15, 0.2) is 0 Å². The molecule has 0 atom stereocenters. The maximum absolute atomic E-state index is 8.85. The van der Waals surface area contributed by atoms with Crippen molar-refractivity contribution in [2.75, 3.05) is 27.3 Å². The molecular formula is C15H25NO2. The largest absolute Gasteiger partial charge is 0.496 e. The summed E-state index contributed by atoms with van der Waals surface area (Å²) in [5, 5.41) is 8.85. The molecule has 1 aromatic carbocycles. The van der Waals surface area contributed by atoms with Crippen molar-refractivity contribution in [2.45, 2.75) is 32.7 Å². The van der Waals surface area contributed by atoms with Crippen LogP contribution in [0.25, 0.3) is 0 Å². The molecule has 1 N–H and O–H groups in total. The summed E-state index contributed by atoms with van der Waals surface area (Å²) in [6.07, 6.45) is 0.808. The maximum atomic E-state index is 8.85. The molecule has 1 rings (SSSR count). The lowest BCUT2D eigenvalue weighted by Crippen LogP contribution is -2.20. The molecular weight excluding hydrogens is 226 g/mol. The minimum Gasteiger partial charge on any atom is -0.496 e. The van der Waals surface area contributed by atoms with Gasteiger partial charge in [0.1, 0.15) is 5.75 Å². The van der Waals surface area contributed by atoms with Crippen LogP contribution < -0.4 is 4.74 Å². The van der Waals surface area contributed by atoms with Gasteiger partial charge in [0.05, 0.1) is 7.11 Å². The van der Waals surface area contributed by atoms with Crippen molar-refractivity contribution >= 4 is 0 Å². The molecule has 0 aliphatic carbocycles. The molecule has 0 heterocycles. The molecule has 0 aliphatic rings. The van der Waals surface area contributed by atoms with E-state index in [0.29, 0.717) is 5.92 Å². The molecule has 0 spiro atoms. The summed E-state index contributed by atoms with van der Waals surface area (Å²) in [7, 11) is 3.78. The van der Waals surface area contributed by atoms with Gasteiger partial charge >= 0.3 is 0 Å². The van der Waals surface area contributed by atoms with Gasteiger partial charge in [-0.1, -0.05) is 26.0 Å². The normalized spacial score (nSPS) is 11.3. The Balaban J connectivity index is 2.80. The van der Waals surface area contributed by atoms with Crippen molar-refractivity contribution < 1.29 is 9.84 Å². The molecule has 0 aromatic heterocycles. The lowest BCUT2D eigenvalue weighted by Gasteiger charge is -2.19. The second kappa shape index (κ2) is 7.39. The molecule has 0 bridgehead atoms. The van der Waals surface area contributed by atoms with Crippen LogP contribution in [0.15, 0.2) is 18.2 Å². The predicted molar refractivity (Wildman–Crippen MR) is 75.1 cm³/mol. The molecule has 0 saturated heterocycles. The molecule has 18 heavy (non-hydrogen) atoms. The Morgan fingerprint density at radius 3 is 2.61 bits per heavy atom. The quantitative estimate of drug-likeness (QED) is 0.808. The fourth-order valence-corrected chi connectivity index (χ4v) is 1.99. The van der Waals surface area contributed by atoms with Crippen LogP contribution in [0.2, 0.25) is 0 Å². The van der Waals surface area contributed by atoms with E-state index in [2.05, 4.69) is 37.9 Å². The number of benzene rings is 1. The number of rotatable bonds is 7. The Kier molecular flexibility index (Phi) is 6.16. The second-order valence-corrected chi connectivity index (χ2v) is 5.04. The molecule has 0 amide bonds. The van der Waals surface area contributed by atoms with E-state index in [9.17, 15) is 0 Å². The number of aliphatic hydroxyl groups excluding tert-OH is 1. The molecule has 0 fully saturated rings. The highest BCUT2D eigenvalue weighted by molar-refractivity contribution is 5.38. The van der Waals surface area contributed by atoms with Gasteiger partial charge in [0.2, 0.25) is 0 Å². The number of hydrogen-bond acceptors (Lipinski definition) is 3. The summed E-state index contributed by atoms with van der Waals surface area (Å²) in [6.45, 7) is 6.38. The van der Waals surface area contributed by atoms with Gasteiger partial charge in [0.25, 0.3) is 0 Å². The van der Waals surface area contributed by atoms with E-state index in [4.69, 9.17) is 9.84 Å². The molecule has 0 saturated carbocycles. The highest BCUT2D eigenvalue weighted by Gasteiger charge is 2.09. The van der Waals surface area contributed by atoms with Crippen LogP contribution in [0.5, 0.6) is 5.75 Å². The summed E-state index contributed by atoms with van der Waals surface area (Å²) in [5.41, 5.74) is 2.55. The first-order valence-corrected chi connectivity index (χ1v) is 6.54. The lowest BCUT2D eigenvalue weighted by atomic mass is 10.00. The van der Waals surface area contributed by atoms with E-state index >= 15 is 0 Å². The fraction of sp³-hybridized carbons (Fsp3) is 0.600. The highest BCUT2D eigenvalue weighted by atomic mass is 16.5. The van der Waals surface area contributed by atoms with Crippen LogP contribution in [0.1, 0.15) is 37.3 Å². The zero-order chi connectivity index (χ0) is 13.5. The standard InChI is InChI=1S/C15H25NO2/c1-12(2)13-6-7-15(18-4)14(10-13)11-16(3)8-5-9-17/h6-7,10,12,17H,5,8-9,11H2,1-4H3. The number of ether oxygens (including phenoxy) is 1. The van der Waals surface area contributed by atoms with Crippen LogP contribution in [-0.2, 0) is 6.54 Å². The van der Waals surface area contributed by atoms with E-state index < -0.39 is 0 Å². The van der Waals surface area contributed by atoms with Crippen molar-refractivity contribution in [1.82, 2.24) is 4.90 Å². The van der Waals surface area contributed by atoms with Crippen LogP contribution in [0.4, 0.5) is 0 Å². The van der Waals surface area contributed by atoms with E-state index in [1.807, 2.05) is 6.07 Å². The average molecular weight is 251 g/mol. The first kappa shape index (κ1) is 15.0. The van der Waals surface area contributed by atoms with Gasteiger partial charge in [0, 0.05) is 25.3 Å². The highest BCUT2D eigenvalue weighted by Crippen LogP contribution is 2.25. The lowest BCUT2D eigenvalue weighted by molar-refractivity contribution is 0.242. The number of methoxy groups -OCH3 is 1. The molecule has 3 nitrogen and oxygen atoms in total. The number of nitrogens with zero attached hydrogens (tertiary/aromatic N) is 1. The summed E-state index contributed by atoms with van der Waals surface area (Å²) in [6, 6.07) is 6.39. The SMILES string of the molecule is COc1ccc(C(C)C)cc1CN(C)CCCO. The van der Waals surface area contributed by atoms with E-state index in [1.54, 1.807) is 7.11 Å². The molecule has 102 valence electrons. The Bertz CT molecular complexity index is 364. The van der Waals surface area contributed by atoms with Gasteiger partial charge in [-0.25, -0.2) is 0 Å². The van der Waals surface area contributed by atoms with E-state index in [0.717, 1.165) is 25.3 Å². The van der Waals surface area contributed by atoms with Crippen molar-refractivity contribution in [3.8, 4) is 5.75 Å². The summed E-state index contributed by atoms with van der Waals surface area (Å²) in [5.74, 6) is 1.47. The minimum atomic E-state index is 0.244. The molecule has 3 heteroatoms. The van der Waals surface area contributed by atoms with Crippen LogP contribution in [0, 0.1) is 0 Å². The molecule has 1 aromatic rings. The van der Waals surface area contributed by atoms with Gasteiger partial charge in [-0.2, -0.15) is 0 Å². The van der Waals surface area contributed by atoms with Gasteiger partial charge in [-0.05, 0) is 31.0 Å². The average Bonchev–Trinajstić information content (AvgIpc) is 2.36. The summed E-state index contributed by atoms with van der Waals surface area (Å²) >= 11 is 0. The van der Waals surface area contributed by atoms with Gasteiger partial charge in [-0.3, -0.25) is 0 Å². The number of aliphatic hydroxyl groups is 1. The summed E-state index contributed by atoms with van der Waals surface area (Å²) in [4.78, 5) is 2.21. The zero-order valence-electron chi connectivity index (χ0n) is 11.9. The Hall–Kier alpha value is -1.06. The first-order chi connectivity index (χ1) is 8.58. The van der Waals surface area contributed by atoms with E-state index in [-0.39, 0.29) is 6.61 Å². The fourth-order valence-electron chi connectivity index (χ4n) is 1.99. The Morgan fingerprint density at radius 1 is 1.33 bits per heavy atom. The zero-order valence-corrected chi connectivity index (χ0v) is 11.9. The Morgan fingerprint density at radius 2 is 2.06 bits per heavy atom. The molecule has 0 aliphatic heterocycles. The third-order valence-corrected chi connectivity index (χ3v) is 3.11. The van der Waals surface area contributed by atoms with Crippen molar-refractivity contribution in [3.63, 3.8) is 0 Å². The first-order valence-electron chi connectivity index (χ1n) is 6.54. The topological polar surface area (TPSA) is 32.7 Å². The van der Waals surface area contributed by atoms with Gasteiger partial charge in [-0.15, -0.1) is 0 Å². The Labute approximate surface area is 110 Å². The number of hydrogen-bond donors (Lipinski definition) is 1. The van der Waals surface area contributed by atoms with Crippen LogP contribution >= 0.6 is 0 Å². The predicted octanol–water partition coefficient (Wildman–Crippen LogP) is 2.63. The third-order valence-electron chi connectivity index (χ3n) is 3.11. The van der Waals surface area contributed by atoms with Crippen molar-refractivity contribution in [2.24, 2.45) is 0 Å². The minimum absolute atomic E-state index is 0.244. The van der Waals surface area contributed by atoms with Crippen LogP contribution in [-0.4, -0.2) is 37.3 Å². The van der Waals surface area contributed by atoms with Crippen LogP contribution in [0.3, 0.4) is 0 Å². The maximum Gasteiger partial charge on any atom is 0.123 e. The van der Waals surface area contributed by atoms with Crippen molar-refractivity contribution in [1.29, 1.82) is 0 Å². The monoisotopic (exact) mass is 251 g/mol. The van der Waals surface area contributed by atoms with E-state index in [1.165, 1.54) is 11.1 Å². The molecule has 0 radical (unpaired) electrons. The van der Waals surface area contributed by atoms with Gasteiger partial charge < -0.3 is 14.7 Å². The van der Waals surface area contributed by atoms with Crippen molar-refractivity contribution in [3.05, 3.63) is 29.3 Å². The molecule has 0 unspecified atom stereocenters.